The summed E-state index contributed by atoms with van der Waals surface area (Å²) < 4.78 is 17.5. The molecule has 0 unspecified atom stereocenters. The second-order valence-electron chi connectivity index (χ2n) is 1.95. The fourth-order valence-electron chi connectivity index (χ4n) is 0. The Hall–Kier alpha value is -0.0500. The summed E-state index contributed by atoms with van der Waals surface area (Å²) in [6.45, 7) is 3.57. The van der Waals surface area contributed by atoms with Crippen molar-refractivity contribution in [2.24, 2.45) is 0 Å². The smallest absolute Gasteiger partial charge is 0.0435 e. The van der Waals surface area contributed by atoms with Crippen molar-refractivity contribution in [3.63, 3.8) is 0 Å². The number of hydrogen-bond donors (Lipinski definition) is 1. The molecule has 0 amide bonds. The first-order valence-electron chi connectivity index (χ1n) is 2.17. The van der Waals surface area contributed by atoms with Crippen LogP contribution in [0.2, 0.25) is 0 Å². The molecule has 2 nitrogen and oxygen atoms in total. The Kier molecular flexibility index (Phi) is 1.81. The number of rotatable bonds is 1. The molecular weight excluding hydrogens is 110 g/mol. The minimum atomic E-state index is -2.24. The SMILES string of the molecule is CC(C)[S@](C)(=N)=O. The molecule has 7 heavy (non-hydrogen) atoms. The molecule has 0 saturated heterocycles. The fourth-order valence-corrected chi connectivity index (χ4v) is 0. The van der Waals surface area contributed by atoms with Gasteiger partial charge in [0.15, 0.2) is 0 Å². The van der Waals surface area contributed by atoms with Crippen molar-refractivity contribution in [2.75, 3.05) is 6.26 Å². The molecule has 0 aromatic rings. The zero-order valence-electron chi connectivity index (χ0n) is 4.89. The van der Waals surface area contributed by atoms with Gasteiger partial charge in [0.05, 0.1) is 0 Å². The molecule has 0 aromatic heterocycles. The lowest BCUT2D eigenvalue weighted by Crippen LogP contribution is -2.08. The van der Waals surface area contributed by atoms with Crippen LogP contribution < -0.4 is 0 Å². The van der Waals surface area contributed by atoms with E-state index in [0.717, 1.165) is 0 Å². The zero-order valence-corrected chi connectivity index (χ0v) is 5.71. The van der Waals surface area contributed by atoms with Gasteiger partial charge in [-0.1, -0.05) is 13.8 Å². The highest BCUT2D eigenvalue weighted by atomic mass is 32.2. The summed E-state index contributed by atoms with van der Waals surface area (Å²) >= 11 is 0. The Morgan fingerprint density at radius 3 is 1.71 bits per heavy atom. The second kappa shape index (κ2) is 1.82. The van der Waals surface area contributed by atoms with Gasteiger partial charge >= 0.3 is 0 Å². The van der Waals surface area contributed by atoms with Crippen LogP contribution in [0.5, 0.6) is 0 Å². The topological polar surface area (TPSA) is 40.9 Å². The Balaban J connectivity index is 4.10. The third-order valence-electron chi connectivity index (χ3n) is 0.900. The van der Waals surface area contributed by atoms with E-state index < -0.39 is 9.73 Å². The van der Waals surface area contributed by atoms with Crippen molar-refractivity contribution in [1.82, 2.24) is 0 Å². The summed E-state index contributed by atoms with van der Waals surface area (Å²) in [7, 11) is -2.24. The number of nitrogens with one attached hydrogen (secondary N) is 1. The second-order valence-corrected chi connectivity index (χ2v) is 4.70. The van der Waals surface area contributed by atoms with E-state index in [1.807, 2.05) is 0 Å². The molecule has 1 N–H and O–H groups in total. The van der Waals surface area contributed by atoms with Crippen LogP contribution in [-0.4, -0.2) is 15.7 Å². The molecule has 0 saturated carbocycles. The molecule has 0 aliphatic rings. The van der Waals surface area contributed by atoms with Gasteiger partial charge in [-0.25, -0.2) is 4.21 Å². The van der Waals surface area contributed by atoms with E-state index in [1.54, 1.807) is 13.8 Å². The molecule has 0 bridgehead atoms. The van der Waals surface area contributed by atoms with E-state index in [0.29, 0.717) is 0 Å². The minimum absolute atomic E-state index is 0.00694. The zero-order chi connectivity index (χ0) is 6.08. The van der Waals surface area contributed by atoms with Crippen molar-refractivity contribution in [3.05, 3.63) is 0 Å². The summed E-state index contributed by atoms with van der Waals surface area (Å²) in [5.41, 5.74) is 0. The summed E-state index contributed by atoms with van der Waals surface area (Å²) in [6, 6.07) is 0. The van der Waals surface area contributed by atoms with Crippen molar-refractivity contribution in [2.45, 2.75) is 19.1 Å². The Labute approximate surface area is 44.9 Å². The quantitative estimate of drug-likeness (QED) is 0.554. The molecule has 44 valence electrons. The van der Waals surface area contributed by atoms with E-state index in [1.165, 1.54) is 6.26 Å². The van der Waals surface area contributed by atoms with Crippen LogP contribution >= 0.6 is 0 Å². The molecule has 0 rings (SSSR count). The van der Waals surface area contributed by atoms with Crippen LogP contribution in [0.15, 0.2) is 0 Å². The lowest BCUT2D eigenvalue weighted by atomic mass is 10.6. The Bertz CT molecular complexity index is 134. The van der Waals surface area contributed by atoms with Crippen molar-refractivity contribution >= 4 is 9.73 Å². The van der Waals surface area contributed by atoms with E-state index >= 15 is 0 Å². The van der Waals surface area contributed by atoms with Crippen LogP contribution in [0.4, 0.5) is 0 Å². The highest BCUT2D eigenvalue weighted by Gasteiger charge is 2.00. The number of hydrogen-bond acceptors (Lipinski definition) is 2. The van der Waals surface area contributed by atoms with Gasteiger partial charge < -0.3 is 0 Å². The average Bonchev–Trinajstić information content (AvgIpc) is 1.31. The average molecular weight is 121 g/mol. The first-order valence-corrected chi connectivity index (χ1v) is 4.20. The van der Waals surface area contributed by atoms with Crippen LogP contribution in [0.1, 0.15) is 13.8 Å². The summed E-state index contributed by atoms with van der Waals surface area (Å²) in [5, 5.41) is -0.00694. The van der Waals surface area contributed by atoms with Gasteiger partial charge in [-0.2, -0.15) is 0 Å². The Morgan fingerprint density at radius 2 is 1.71 bits per heavy atom. The largest absolute Gasteiger partial charge is 0.253 e. The maximum absolute atomic E-state index is 10.6. The maximum atomic E-state index is 10.6. The monoisotopic (exact) mass is 121 g/mol. The lowest BCUT2D eigenvalue weighted by Gasteiger charge is -2.00. The normalized spacial score (nSPS) is 19.4. The molecule has 0 aromatic carbocycles. The van der Waals surface area contributed by atoms with E-state index in [9.17, 15) is 4.21 Å². The molecule has 0 fully saturated rings. The predicted octanol–water partition coefficient (Wildman–Crippen LogP) is 1.07. The summed E-state index contributed by atoms with van der Waals surface area (Å²) in [5.74, 6) is 0. The minimum Gasteiger partial charge on any atom is -0.253 e. The van der Waals surface area contributed by atoms with Gasteiger partial charge in [-0.15, -0.1) is 0 Å². The summed E-state index contributed by atoms with van der Waals surface area (Å²) in [6.07, 6.45) is 1.46. The van der Waals surface area contributed by atoms with E-state index in [4.69, 9.17) is 4.78 Å². The fraction of sp³-hybridized carbons (Fsp3) is 1.00. The van der Waals surface area contributed by atoms with Crippen LogP contribution in [-0.2, 0) is 9.73 Å². The van der Waals surface area contributed by atoms with Crippen molar-refractivity contribution < 1.29 is 4.21 Å². The summed E-state index contributed by atoms with van der Waals surface area (Å²) in [4.78, 5) is 0. The highest BCUT2D eigenvalue weighted by molar-refractivity contribution is 7.92. The van der Waals surface area contributed by atoms with Gasteiger partial charge in [0.2, 0.25) is 0 Å². The molecule has 0 radical (unpaired) electrons. The van der Waals surface area contributed by atoms with Crippen LogP contribution in [0, 0.1) is 4.78 Å². The third-order valence-corrected chi connectivity index (χ3v) is 2.70. The van der Waals surface area contributed by atoms with Gasteiger partial charge in [0.1, 0.15) is 0 Å². The predicted molar refractivity (Wildman–Crippen MR) is 31.9 cm³/mol. The van der Waals surface area contributed by atoms with Gasteiger partial charge in [0, 0.05) is 21.2 Å². The third kappa shape index (κ3) is 2.62. The molecule has 0 spiro atoms. The standard InChI is InChI=1S/C4H11NOS/c1-4(2)7(3,5)6/h4-5H,1-3H3/t7-/m1/s1. The van der Waals surface area contributed by atoms with Gasteiger partial charge in [0.25, 0.3) is 0 Å². The van der Waals surface area contributed by atoms with E-state index in [2.05, 4.69) is 0 Å². The van der Waals surface area contributed by atoms with Gasteiger partial charge in [-0.05, 0) is 0 Å². The van der Waals surface area contributed by atoms with Crippen LogP contribution in [0.25, 0.3) is 0 Å². The molecule has 0 heterocycles. The molecule has 1 atom stereocenters. The van der Waals surface area contributed by atoms with Gasteiger partial charge in [-0.3, -0.25) is 4.78 Å². The molecule has 3 heteroatoms. The van der Waals surface area contributed by atoms with Crippen molar-refractivity contribution in [1.29, 1.82) is 4.78 Å². The maximum Gasteiger partial charge on any atom is 0.0435 e. The first kappa shape index (κ1) is 6.95. The lowest BCUT2D eigenvalue weighted by molar-refractivity contribution is 0.672. The highest BCUT2D eigenvalue weighted by Crippen LogP contribution is 1.94. The van der Waals surface area contributed by atoms with Crippen molar-refractivity contribution in [3.8, 4) is 0 Å². The van der Waals surface area contributed by atoms with E-state index in [-0.39, 0.29) is 5.25 Å². The molecule has 0 aliphatic carbocycles. The first-order chi connectivity index (χ1) is 2.94. The Morgan fingerprint density at radius 1 is 1.57 bits per heavy atom. The van der Waals surface area contributed by atoms with Crippen LogP contribution in [0.3, 0.4) is 0 Å². The molecule has 0 aliphatic heterocycles. The molecular formula is C4H11NOS.